The summed E-state index contributed by atoms with van der Waals surface area (Å²) in [6.07, 6.45) is 0. The smallest absolute Gasteiger partial charge is 0.317 e. The number of nitrogens with two attached hydrogens (primary N) is 1. The minimum atomic E-state index is -4.16. The number of halogens is 1. The average Bonchev–Trinajstić information content (AvgIpc) is 3.28. The van der Waals surface area contributed by atoms with Gasteiger partial charge >= 0.3 is 6.03 Å². The van der Waals surface area contributed by atoms with Crippen molar-refractivity contribution in [1.82, 2.24) is 20.0 Å². The van der Waals surface area contributed by atoms with Crippen LogP contribution < -0.4 is 16.5 Å². The number of hydrogen-bond acceptors (Lipinski definition) is 7. The molecule has 0 spiro atoms. The van der Waals surface area contributed by atoms with E-state index in [1.165, 1.54) is 35.8 Å². The van der Waals surface area contributed by atoms with Gasteiger partial charge in [0, 0.05) is 24.5 Å². The first kappa shape index (κ1) is 23.6. The molecule has 0 bridgehead atoms. The zero-order valence-corrected chi connectivity index (χ0v) is 18.2. The van der Waals surface area contributed by atoms with Crippen molar-refractivity contribution >= 4 is 39.2 Å². The lowest BCUT2D eigenvalue weighted by Gasteiger charge is -2.38. The van der Waals surface area contributed by atoms with Crippen LogP contribution in [0.5, 0.6) is 0 Å². The Morgan fingerprint density at radius 2 is 1.84 bits per heavy atom. The van der Waals surface area contributed by atoms with Crippen LogP contribution >= 0.6 is 11.3 Å². The number of primary amides is 1. The van der Waals surface area contributed by atoms with E-state index in [2.05, 4.69) is 5.32 Å². The van der Waals surface area contributed by atoms with Gasteiger partial charge in [0.2, 0.25) is 5.91 Å². The maximum absolute atomic E-state index is 13.2. The fraction of sp³-hybridized carbons (Fsp3) is 0.278. The molecule has 32 heavy (non-hydrogen) atoms. The molecule has 0 aliphatic carbocycles. The van der Waals surface area contributed by atoms with E-state index in [0.29, 0.717) is 10.4 Å². The van der Waals surface area contributed by atoms with Crippen molar-refractivity contribution < 1.29 is 32.4 Å². The first-order valence-electron chi connectivity index (χ1n) is 9.26. The summed E-state index contributed by atoms with van der Waals surface area (Å²) < 4.78 is 40.5. The lowest BCUT2D eigenvalue weighted by molar-refractivity contribution is -0.134. The first-order valence-corrected chi connectivity index (χ1v) is 11.5. The van der Waals surface area contributed by atoms with Crippen LogP contribution in [0.2, 0.25) is 0 Å². The monoisotopic (exact) mass is 485 g/mol. The van der Waals surface area contributed by atoms with E-state index in [-0.39, 0.29) is 23.8 Å². The van der Waals surface area contributed by atoms with Crippen LogP contribution in [0.1, 0.15) is 0 Å². The normalized spacial score (nSPS) is 17.1. The van der Waals surface area contributed by atoms with E-state index in [4.69, 9.17) is 10.9 Å². The highest BCUT2D eigenvalue weighted by Crippen LogP contribution is 2.33. The molecule has 1 aliphatic heterocycles. The van der Waals surface area contributed by atoms with Gasteiger partial charge in [0.25, 0.3) is 15.9 Å². The Kier molecular flexibility index (Phi) is 7.08. The summed E-state index contributed by atoms with van der Waals surface area (Å²) in [4.78, 5) is 37.0. The van der Waals surface area contributed by atoms with Crippen LogP contribution in [0.4, 0.5) is 9.18 Å². The van der Waals surface area contributed by atoms with Crippen molar-refractivity contribution in [3.05, 3.63) is 42.2 Å². The SMILES string of the molecule is NC(=O)CNC(=O)N1CCN(S(=O)(=O)c2ccc(-c3ccc(F)cc3)s2)[C@@H](C(=O)NO)C1. The van der Waals surface area contributed by atoms with Gasteiger partial charge in [0.1, 0.15) is 16.1 Å². The number of thiophene rings is 1. The Morgan fingerprint density at radius 3 is 2.47 bits per heavy atom. The number of piperazine rings is 1. The molecule has 0 unspecified atom stereocenters. The molecule has 0 radical (unpaired) electrons. The van der Waals surface area contributed by atoms with Crippen LogP contribution in [0, 0.1) is 5.82 Å². The van der Waals surface area contributed by atoms with E-state index in [1.807, 2.05) is 0 Å². The molecule has 5 N–H and O–H groups in total. The van der Waals surface area contributed by atoms with Gasteiger partial charge in [0.15, 0.2) is 0 Å². The van der Waals surface area contributed by atoms with Crippen molar-refractivity contribution in [2.45, 2.75) is 10.3 Å². The molecular weight excluding hydrogens is 465 g/mol. The lowest BCUT2D eigenvalue weighted by atomic mass is 10.2. The van der Waals surface area contributed by atoms with Gasteiger partial charge in [0.05, 0.1) is 6.54 Å². The number of nitrogens with zero attached hydrogens (tertiary/aromatic N) is 2. The summed E-state index contributed by atoms with van der Waals surface area (Å²) in [5.41, 5.74) is 7.04. The third-order valence-corrected chi connectivity index (χ3v) is 8.23. The van der Waals surface area contributed by atoms with Gasteiger partial charge in [-0.15, -0.1) is 11.3 Å². The standard InChI is InChI=1S/C18H20FN5O6S2/c19-12-3-1-11(2-4-12)14-5-6-16(31-14)32(29,30)24-8-7-23(10-13(24)17(26)22-28)18(27)21-9-15(20)25/h1-6,13,28H,7-10H2,(H2,20,25)(H,21,27)(H,22,26)/t13-/m1/s1. The highest BCUT2D eigenvalue weighted by Gasteiger charge is 2.42. The van der Waals surface area contributed by atoms with E-state index in [1.54, 1.807) is 6.07 Å². The molecule has 2 heterocycles. The van der Waals surface area contributed by atoms with E-state index in [9.17, 15) is 27.2 Å². The van der Waals surface area contributed by atoms with Crippen molar-refractivity contribution in [1.29, 1.82) is 0 Å². The van der Waals surface area contributed by atoms with Crippen molar-refractivity contribution in [3.8, 4) is 10.4 Å². The average molecular weight is 486 g/mol. The highest BCUT2D eigenvalue weighted by molar-refractivity contribution is 7.91. The van der Waals surface area contributed by atoms with Gasteiger partial charge < -0.3 is 16.0 Å². The number of hydroxylamine groups is 1. The summed E-state index contributed by atoms with van der Waals surface area (Å²) in [6, 6.07) is 6.38. The van der Waals surface area contributed by atoms with Gasteiger partial charge in [-0.2, -0.15) is 4.31 Å². The van der Waals surface area contributed by atoms with Crippen molar-refractivity contribution in [3.63, 3.8) is 0 Å². The maximum Gasteiger partial charge on any atom is 0.317 e. The molecule has 2 aromatic rings. The number of rotatable bonds is 6. The highest BCUT2D eigenvalue weighted by atomic mass is 32.2. The molecule has 1 aliphatic rings. The third kappa shape index (κ3) is 5.04. The number of urea groups is 1. The number of benzene rings is 1. The van der Waals surface area contributed by atoms with E-state index < -0.39 is 46.3 Å². The molecule has 14 heteroatoms. The molecule has 1 saturated heterocycles. The second-order valence-corrected chi connectivity index (χ2v) is 10.0. The maximum atomic E-state index is 13.2. The summed E-state index contributed by atoms with van der Waals surface area (Å²) in [7, 11) is -4.16. The summed E-state index contributed by atoms with van der Waals surface area (Å²) in [5, 5.41) is 11.4. The topological polar surface area (TPSA) is 162 Å². The van der Waals surface area contributed by atoms with E-state index in [0.717, 1.165) is 20.5 Å². The Hall–Kier alpha value is -3.07. The molecule has 0 saturated carbocycles. The number of nitrogens with one attached hydrogen (secondary N) is 2. The van der Waals surface area contributed by atoms with Crippen LogP contribution in [0.25, 0.3) is 10.4 Å². The lowest BCUT2D eigenvalue weighted by Crippen LogP contribution is -2.62. The second-order valence-electron chi connectivity index (χ2n) is 6.80. The zero-order chi connectivity index (χ0) is 23.5. The fourth-order valence-electron chi connectivity index (χ4n) is 3.14. The molecule has 4 amide bonds. The Bertz CT molecular complexity index is 1120. The number of sulfonamides is 1. The quantitative estimate of drug-likeness (QED) is 0.331. The Morgan fingerprint density at radius 1 is 1.16 bits per heavy atom. The molecule has 1 fully saturated rings. The number of hydrogen-bond donors (Lipinski definition) is 4. The van der Waals surface area contributed by atoms with Crippen LogP contribution in [0.3, 0.4) is 0 Å². The van der Waals surface area contributed by atoms with Crippen molar-refractivity contribution in [2.24, 2.45) is 5.73 Å². The predicted octanol–water partition coefficient (Wildman–Crippen LogP) is -0.0706. The molecule has 11 nitrogen and oxygen atoms in total. The van der Waals surface area contributed by atoms with Crippen LogP contribution in [0.15, 0.2) is 40.6 Å². The zero-order valence-electron chi connectivity index (χ0n) is 16.5. The predicted molar refractivity (Wildman–Crippen MR) is 111 cm³/mol. The number of amides is 4. The molecule has 1 atom stereocenters. The second kappa shape index (κ2) is 9.60. The molecule has 1 aromatic carbocycles. The summed E-state index contributed by atoms with van der Waals surface area (Å²) in [6.45, 7) is -1.06. The first-order chi connectivity index (χ1) is 15.1. The Labute approximate surface area is 186 Å². The van der Waals surface area contributed by atoms with Crippen LogP contribution in [-0.4, -0.2) is 72.9 Å². The molecule has 1 aromatic heterocycles. The van der Waals surface area contributed by atoms with Crippen LogP contribution in [-0.2, 0) is 19.6 Å². The van der Waals surface area contributed by atoms with Gasteiger partial charge in [-0.25, -0.2) is 23.1 Å². The van der Waals surface area contributed by atoms with Gasteiger partial charge in [-0.1, -0.05) is 12.1 Å². The molecule has 172 valence electrons. The largest absolute Gasteiger partial charge is 0.368 e. The molecule has 3 rings (SSSR count). The minimum Gasteiger partial charge on any atom is -0.368 e. The van der Waals surface area contributed by atoms with Gasteiger partial charge in [-0.3, -0.25) is 14.8 Å². The fourth-order valence-corrected chi connectivity index (χ4v) is 6.16. The number of carbonyl (C=O) groups is 3. The molecular formula is C18H20FN5O6S2. The van der Waals surface area contributed by atoms with Crippen molar-refractivity contribution in [2.75, 3.05) is 26.2 Å². The summed E-state index contributed by atoms with van der Waals surface area (Å²) in [5.74, 6) is -2.20. The third-order valence-electron chi connectivity index (χ3n) is 4.72. The number of carbonyl (C=O) groups excluding carboxylic acids is 3. The minimum absolute atomic E-state index is 0.0563. The van der Waals surface area contributed by atoms with E-state index >= 15 is 0 Å². The Balaban J connectivity index is 1.83. The summed E-state index contributed by atoms with van der Waals surface area (Å²) >= 11 is 0.942. The van der Waals surface area contributed by atoms with Gasteiger partial charge in [-0.05, 0) is 29.8 Å².